The highest BCUT2D eigenvalue weighted by Crippen LogP contribution is 2.36. The molecule has 8 bridgehead atoms. The molecule has 0 fully saturated rings. The molecule has 0 aliphatic carbocycles. The first-order valence-electron chi connectivity index (χ1n) is 13.8. The second-order valence-corrected chi connectivity index (χ2v) is 10.2. The van der Waals surface area contributed by atoms with Crippen LogP contribution in [0.4, 0.5) is 0 Å². The Kier molecular flexibility index (Phi) is 5.71. The first-order valence-corrected chi connectivity index (χ1v) is 13.8. The Morgan fingerprint density at radius 1 is 0.405 bits per heavy atom. The van der Waals surface area contributed by atoms with Crippen LogP contribution < -0.4 is 0 Å². The first-order chi connectivity index (χ1) is 20.8. The Morgan fingerprint density at radius 2 is 0.929 bits per heavy atom. The van der Waals surface area contributed by atoms with Gasteiger partial charge in [0.15, 0.2) is 0 Å². The van der Waals surface area contributed by atoms with Crippen molar-refractivity contribution in [2.75, 3.05) is 0 Å². The average Bonchev–Trinajstić information content (AvgIpc) is 3.86. The van der Waals surface area contributed by atoms with Gasteiger partial charge in [-0.2, -0.15) is 0 Å². The minimum atomic E-state index is 0.830. The first kappa shape index (κ1) is 24.0. The zero-order chi connectivity index (χ0) is 27.9. The van der Waals surface area contributed by atoms with Crippen molar-refractivity contribution in [2.45, 2.75) is 0 Å². The maximum absolute atomic E-state index is 5.20. The number of aliphatic imine (C=N–C) groups is 4. The Morgan fingerprint density at radius 3 is 1.55 bits per heavy atom. The van der Waals surface area contributed by atoms with Crippen molar-refractivity contribution in [3.05, 3.63) is 179 Å². The van der Waals surface area contributed by atoms with Crippen LogP contribution in [0.25, 0.3) is 16.7 Å². The second-order valence-electron chi connectivity index (χ2n) is 10.2. The molecule has 0 radical (unpaired) electrons. The molecule has 0 unspecified atom stereocenters. The molecule has 5 aliphatic heterocycles. The van der Waals surface area contributed by atoms with Crippen molar-refractivity contribution >= 4 is 39.6 Å². The van der Waals surface area contributed by atoms with Crippen LogP contribution in [0.2, 0.25) is 0 Å². The summed E-state index contributed by atoms with van der Waals surface area (Å²) in [5, 5.41) is 0. The Balaban J connectivity index is 1.42. The maximum atomic E-state index is 5.20. The van der Waals surface area contributed by atoms with Gasteiger partial charge < -0.3 is 0 Å². The fourth-order valence-corrected chi connectivity index (χ4v) is 5.63. The summed E-state index contributed by atoms with van der Waals surface area (Å²) in [6.45, 7) is 0. The third-order valence-corrected chi connectivity index (χ3v) is 7.51. The van der Waals surface area contributed by atoms with E-state index in [0.717, 1.165) is 79.0 Å². The molecule has 0 saturated heterocycles. The number of nitrogens with zero attached hydrogens (tertiary/aromatic N) is 5. The van der Waals surface area contributed by atoms with Gasteiger partial charge in [-0.1, -0.05) is 66.7 Å². The lowest BCUT2D eigenvalue weighted by molar-refractivity contribution is 1.30. The van der Waals surface area contributed by atoms with Gasteiger partial charge in [0.2, 0.25) is 0 Å². The molecule has 5 nitrogen and oxygen atoms in total. The van der Waals surface area contributed by atoms with Crippen LogP contribution in [-0.4, -0.2) is 27.8 Å². The lowest BCUT2D eigenvalue weighted by Gasteiger charge is -2.11. The van der Waals surface area contributed by atoms with E-state index in [0.29, 0.717) is 0 Å². The summed E-state index contributed by atoms with van der Waals surface area (Å²) in [5.41, 5.74) is 12.7. The van der Waals surface area contributed by atoms with Crippen molar-refractivity contribution in [1.82, 2.24) is 4.98 Å². The van der Waals surface area contributed by atoms with Crippen LogP contribution >= 0.6 is 0 Å². The van der Waals surface area contributed by atoms with Gasteiger partial charge >= 0.3 is 0 Å². The monoisotopic (exact) mass is 537 g/mol. The van der Waals surface area contributed by atoms with Crippen molar-refractivity contribution in [3.8, 4) is 0 Å². The molecule has 8 rings (SSSR count). The second kappa shape index (κ2) is 9.98. The number of pyridine rings is 1. The van der Waals surface area contributed by atoms with E-state index in [2.05, 4.69) is 71.8 Å². The molecule has 0 atom stereocenters. The van der Waals surface area contributed by atoms with Gasteiger partial charge in [-0.15, -0.1) is 0 Å². The molecule has 3 aromatic rings. The minimum Gasteiger partial charge on any atom is -0.264 e. The van der Waals surface area contributed by atoms with Gasteiger partial charge in [-0.3, -0.25) is 4.98 Å². The van der Waals surface area contributed by atoms with E-state index in [1.54, 1.807) is 6.20 Å². The normalized spacial score (nSPS) is 18.5. The van der Waals surface area contributed by atoms with E-state index < -0.39 is 0 Å². The zero-order valence-electron chi connectivity index (χ0n) is 22.5. The van der Waals surface area contributed by atoms with E-state index >= 15 is 0 Å². The largest absolute Gasteiger partial charge is 0.264 e. The minimum absolute atomic E-state index is 0.830. The highest BCUT2D eigenvalue weighted by Gasteiger charge is 2.25. The van der Waals surface area contributed by atoms with E-state index in [9.17, 15) is 0 Å². The van der Waals surface area contributed by atoms with Gasteiger partial charge in [0.25, 0.3) is 0 Å². The lowest BCUT2D eigenvalue weighted by Crippen LogP contribution is -2.02. The molecule has 5 heteroatoms. The fraction of sp³-hybridized carbons (Fsp3) is 0. The molecule has 0 saturated carbocycles. The molecule has 6 heterocycles. The van der Waals surface area contributed by atoms with Crippen LogP contribution in [0.1, 0.15) is 16.7 Å². The van der Waals surface area contributed by atoms with Crippen LogP contribution in [-0.2, 0) is 0 Å². The molecule has 1 aromatic heterocycles. The van der Waals surface area contributed by atoms with Crippen molar-refractivity contribution < 1.29 is 0 Å². The zero-order valence-corrected chi connectivity index (χ0v) is 22.5. The number of benzene rings is 2. The van der Waals surface area contributed by atoms with Crippen LogP contribution in [0.5, 0.6) is 0 Å². The Labute approximate surface area is 243 Å². The smallest absolute Gasteiger partial charge is 0.0738 e. The van der Waals surface area contributed by atoms with Crippen molar-refractivity contribution in [1.29, 1.82) is 0 Å². The summed E-state index contributed by atoms with van der Waals surface area (Å²) in [5.74, 6) is 0. The fourth-order valence-electron chi connectivity index (χ4n) is 5.63. The lowest BCUT2D eigenvalue weighted by atomic mass is 9.99. The standard InChI is InChI=1S/C37H23N5/c1-3-8-24(9-4-1)35-29-15-13-27(39-29)22-28-14-16-30(40-28)36(25-10-5-2-6-11-25)32-18-20-34(42-32)37(26-12-7-21-38-23-26)33-19-17-31(35)41-33/h1-23H. The molecule has 196 valence electrons. The van der Waals surface area contributed by atoms with E-state index in [1.807, 2.05) is 66.9 Å². The predicted octanol–water partition coefficient (Wildman–Crippen LogP) is 7.56. The van der Waals surface area contributed by atoms with Crippen LogP contribution in [0, 0.1) is 0 Å². The number of hydrogen-bond acceptors (Lipinski definition) is 5. The topological polar surface area (TPSA) is 62.3 Å². The molecule has 0 amide bonds. The molecular formula is C37H23N5. The maximum Gasteiger partial charge on any atom is 0.0738 e. The Bertz CT molecular complexity index is 1980. The van der Waals surface area contributed by atoms with Crippen LogP contribution in [0.3, 0.4) is 0 Å². The summed E-state index contributed by atoms with van der Waals surface area (Å²) < 4.78 is 0. The quantitative estimate of drug-likeness (QED) is 0.340. The summed E-state index contributed by atoms with van der Waals surface area (Å²) in [4.78, 5) is 24.9. The van der Waals surface area contributed by atoms with Crippen molar-refractivity contribution in [3.63, 3.8) is 0 Å². The molecular weight excluding hydrogens is 514 g/mol. The summed E-state index contributed by atoms with van der Waals surface area (Å²) in [6, 6.07) is 24.6. The highest BCUT2D eigenvalue weighted by molar-refractivity contribution is 6.37. The van der Waals surface area contributed by atoms with Gasteiger partial charge in [0.05, 0.1) is 45.6 Å². The molecule has 42 heavy (non-hydrogen) atoms. The van der Waals surface area contributed by atoms with Gasteiger partial charge in [0, 0.05) is 34.7 Å². The van der Waals surface area contributed by atoms with Crippen LogP contribution in [0.15, 0.2) is 183 Å². The molecule has 5 aliphatic rings. The van der Waals surface area contributed by atoms with Gasteiger partial charge in [-0.25, -0.2) is 20.0 Å². The summed E-state index contributed by atoms with van der Waals surface area (Å²) in [7, 11) is 0. The molecule has 0 N–H and O–H groups in total. The third kappa shape index (κ3) is 4.25. The van der Waals surface area contributed by atoms with Gasteiger partial charge in [0.1, 0.15) is 0 Å². The van der Waals surface area contributed by atoms with E-state index in [-0.39, 0.29) is 0 Å². The molecule has 2 aromatic carbocycles. The third-order valence-electron chi connectivity index (χ3n) is 7.51. The summed E-state index contributed by atoms with van der Waals surface area (Å²) in [6.07, 6.45) is 22.1. The Hall–Kier alpha value is -5.81. The average molecular weight is 538 g/mol. The van der Waals surface area contributed by atoms with E-state index in [4.69, 9.17) is 20.0 Å². The van der Waals surface area contributed by atoms with Gasteiger partial charge in [-0.05, 0) is 71.9 Å². The summed E-state index contributed by atoms with van der Waals surface area (Å²) >= 11 is 0. The number of fused-ring (bicyclic) bond motifs is 4. The van der Waals surface area contributed by atoms with E-state index in [1.165, 1.54) is 0 Å². The number of hydrogen-bond donors (Lipinski definition) is 0. The number of aromatic nitrogens is 1. The highest BCUT2D eigenvalue weighted by atomic mass is 14.9. The number of allylic oxidation sites excluding steroid dienone is 12. The SMILES string of the molecule is C1=CC2=NC1=CC1=NC(=C(c3ccccc3)C3=NC(=C(c4cccnc4)C4=NC(=C2c2ccccc2)C=C4)C=C3)C=C1. The predicted molar refractivity (Wildman–Crippen MR) is 172 cm³/mol. The number of rotatable bonds is 3. The van der Waals surface area contributed by atoms with Crippen molar-refractivity contribution in [2.24, 2.45) is 20.0 Å². The molecule has 0 spiro atoms.